The summed E-state index contributed by atoms with van der Waals surface area (Å²) in [7, 11) is 0. The van der Waals surface area contributed by atoms with Gasteiger partial charge in [-0.25, -0.2) is 4.98 Å². The van der Waals surface area contributed by atoms with E-state index >= 15 is 0 Å². The molecular weight excluding hydrogens is 699 g/mol. The van der Waals surface area contributed by atoms with E-state index in [2.05, 4.69) is 27.2 Å². The number of hydrogen-bond donors (Lipinski definition) is 4. The lowest BCUT2D eigenvalue weighted by Gasteiger charge is -2.35. The molecule has 0 aliphatic carbocycles. The highest BCUT2D eigenvalue weighted by molar-refractivity contribution is 7.13. The fourth-order valence-electron chi connectivity index (χ4n) is 6.78. The number of amides is 3. The van der Waals surface area contributed by atoms with Crippen LogP contribution in [0, 0.1) is 12.3 Å². The molecule has 3 heterocycles. The van der Waals surface area contributed by atoms with Gasteiger partial charge in [-0.15, -0.1) is 11.3 Å². The van der Waals surface area contributed by atoms with Crippen LogP contribution in [-0.4, -0.2) is 67.5 Å². The standard InChI is InChI=1S/C43H53N5O5S/c1-27(33-19-22-36(44-24-33)31-17-20-34(49)21-18-31)11-9-7-8-10-12-38(51)47-40(43(4,5)6)42(53)48-25-35(50)23-37(48)41(52)46-28(2)30-13-15-32(16-14-30)39-29(3)45-26-54-39/h13-22,24,26,28,35,37,40,49-50H,1,7-12,23,25H2,2-6H3,(H,46,52)(H,47,51). The molecule has 0 spiro atoms. The zero-order chi connectivity index (χ0) is 39.0. The first-order valence-corrected chi connectivity index (χ1v) is 19.6. The minimum atomic E-state index is -0.858. The average molecular weight is 752 g/mol. The molecule has 0 bridgehead atoms. The third-order valence-corrected chi connectivity index (χ3v) is 11.0. The normalized spacial score (nSPS) is 16.8. The number of aliphatic hydroxyl groups is 1. The number of hydrogen-bond acceptors (Lipinski definition) is 8. The van der Waals surface area contributed by atoms with E-state index in [1.54, 1.807) is 23.5 Å². The van der Waals surface area contributed by atoms with Crippen molar-refractivity contribution in [1.29, 1.82) is 0 Å². The Balaban J connectivity index is 1.07. The summed E-state index contributed by atoms with van der Waals surface area (Å²) in [4.78, 5) is 52.2. The van der Waals surface area contributed by atoms with E-state index in [1.165, 1.54) is 4.90 Å². The van der Waals surface area contributed by atoms with E-state index < -0.39 is 23.6 Å². The van der Waals surface area contributed by atoms with Crippen LogP contribution in [0.2, 0.25) is 0 Å². The van der Waals surface area contributed by atoms with Crippen LogP contribution in [0.4, 0.5) is 0 Å². The highest BCUT2D eigenvalue weighted by Gasteiger charge is 2.44. The second-order valence-electron chi connectivity index (χ2n) is 15.4. The number of aromatic nitrogens is 2. The number of pyridine rings is 1. The van der Waals surface area contributed by atoms with Crippen LogP contribution in [0.25, 0.3) is 27.3 Å². The number of benzene rings is 2. The van der Waals surface area contributed by atoms with Crippen molar-refractivity contribution in [2.24, 2.45) is 5.41 Å². The second-order valence-corrected chi connectivity index (χ2v) is 16.2. The third-order valence-electron chi connectivity index (χ3n) is 10.0. The highest BCUT2D eigenvalue weighted by Crippen LogP contribution is 2.30. The van der Waals surface area contributed by atoms with Crippen LogP contribution in [0.15, 0.2) is 78.9 Å². The number of carbonyl (C=O) groups is 3. The Kier molecular flexibility index (Phi) is 13.4. The van der Waals surface area contributed by atoms with Crippen LogP contribution in [0.1, 0.15) is 95.5 Å². The van der Waals surface area contributed by atoms with Gasteiger partial charge in [-0.2, -0.15) is 0 Å². The number of aliphatic hydroxyl groups excluding tert-OH is 1. The topological polar surface area (TPSA) is 145 Å². The number of aryl methyl sites for hydroxylation is 1. The molecule has 1 aliphatic rings. The monoisotopic (exact) mass is 751 g/mol. The summed E-state index contributed by atoms with van der Waals surface area (Å²) in [6.07, 6.45) is 5.64. The number of β-amino-alcohol motifs (C(OH)–C–C–N with tert-alkyl or cyclic N) is 1. The number of nitrogens with one attached hydrogen (secondary N) is 2. The van der Waals surface area contributed by atoms with Crippen LogP contribution in [0.5, 0.6) is 5.75 Å². The molecule has 1 aliphatic heterocycles. The minimum Gasteiger partial charge on any atom is -0.508 e. The Morgan fingerprint density at radius 2 is 1.59 bits per heavy atom. The fourth-order valence-corrected chi connectivity index (χ4v) is 7.59. The van der Waals surface area contributed by atoms with Crippen LogP contribution in [-0.2, 0) is 14.4 Å². The van der Waals surface area contributed by atoms with E-state index in [0.717, 1.165) is 69.8 Å². The summed E-state index contributed by atoms with van der Waals surface area (Å²) in [6.45, 7) is 13.8. The Labute approximate surface area is 322 Å². The molecule has 0 saturated carbocycles. The molecular formula is C43H53N5O5S. The number of phenols is 1. The second kappa shape index (κ2) is 18.0. The molecule has 5 rings (SSSR count). The maximum Gasteiger partial charge on any atom is 0.246 e. The number of phenolic OH excluding ortho intramolecular Hbond substituents is 1. The highest BCUT2D eigenvalue weighted by atomic mass is 32.1. The molecule has 4 unspecified atom stereocenters. The predicted octanol–water partition coefficient (Wildman–Crippen LogP) is 7.61. The van der Waals surface area contributed by atoms with Gasteiger partial charge in [0.25, 0.3) is 0 Å². The van der Waals surface area contributed by atoms with Gasteiger partial charge in [-0.1, -0.05) is 70.5 Å². The van der Waals surface area contributed by atoms with Crippen LogP contribution >= 0.6 is 11.3 Å². The zero-order valence-corrected chi connectivity index (χ0v) is 32.8. The van der Waals surface area contributed by atoms with Gasteiger partial charge in [0, 0.05) is 31.1 Å². The lowest BCUT2D eigenvalue weighted by Crippen LogP contribution is -2.57. The van der Waals surface area contributed by atoms with Gasteiger partial charge in [0.2, 0.25) is 17.7 Å². The molecule has 10 nitrogen and oxygen atoms in total. The van der Waals surface area contributed by atoms with Crippen molar-refractivity contribution in [3.8, 4) is 27.4 Å². The van der Waals surface area contributed by atoms with Crippen LogP contribution < -0.4 is 10.6 Å². The number of thiazole rings is 1. The molecule has 1 saturated heterocycles. The van der Waals surface area contributed by atoms with Gasteiger partial charge >= 0.3 is 0 Å². The molecule has 3 amide bonds. The number of rotatable bonds is 15. The number of nitrogens with zero attached hydrogens (tertiary/aromatic N) is 3. The van der Waals surface area contributed by atoms with Crippen molar-refractivity contribution in [1.82, 2.24) is 25.5 Å². The Bertz CT molecular complexity index is 1900. The summed E-state index contributed by atoms with van der Waals surface area (Å²) in [5.74, 6) is -0.692. The lowest BCUT2D eigenvalue weighted by atomic mass is 9.85. The van der Waals surface area contributed by atoms with Crippen molar-refractivity contribution < 1.29 is 24.6 Å². The molecule has 4 atom stereocenters. The number of allylic oxidation sites excluding steroid dienone is 1. The van der Waals surface area contributed by atoms with Gasteiger partial charge < -0.3 is 25.7 Å². The van der Waals surface area contributed by atoms with Gasteiger partial charge in [-0.3, -0.25) is 19.4 Å². The fraction of sp³-hybridized carbons (Fsp3) is 0.419. The van der Waals surface area contributed by atoms with Crippen LogP contribution in [0.3, 0.4) is 0 Å². The summed E-state index contributed by atoms with van der Waals surface area (Å²) >= 11 is 1.58. The summed E-state index contributed by atoms with van der Waals surface area (Å²) in [5, 5.41) is 26.1. The SMILES string of the molecule is C=C(CCCCCCC(=O)NC(C(=O)N1CC(O)CC1C(=O)NC(C)c1ccc(-c2scnc2C)cc1)C(C)(C)C)c1ccc(-c2ccc(O)cc2)nc1. The lowest BCUT2D eigenvalue weighted by molar-refractivity contribution is -0.144. The Morgan fingerprint density at radius 1 is 0.926 bits per heavy atom. The molecule has 4 aromatic rings. The van der Waals surface area contributed by atoms with E-state index in [0.29, 0.717) is 6.42 Å². The van der Waals surface area contributed by atoms with Gasteiger partial charge in [-0.05, 0) is 91.1 Å². The summed E-state index contributed by atoms with van der Waals surface area (Å²) in [5.41, 5.74) is 7.92. The molecule has 2 aromatic heterocycles. The number of likely N-dealkylation sites (tertiary alicyclic amines) is 1. The van der Waals surface area contributed by atoms with Gasteiger partial charge in [0.05, 0.1) is 33.9 Å². The third kappa shape index (κ3) is 10.4. The Hall–Kier alpha value is -4.87. The van der Waals surface area contributed by atoms with Crippen molar-refractivity contribution >= 4 is 34.6 Å². The van der Waals surface area contributed by atoms with Gasteiger partial charge in [0.15, 0.2) is 0 Å². The zero-order valence-electron chi connectivity index (χ0n) is 32.0. The molecule has 4 N–H and O–H groups in total. The first-order valence-electron chi connectivity index (χ1n) is 18.7. The number of carbonyl (C=O) groups excluding carboxylic acids is 3. The van der Waals surface area contributed by atoms with E-state index in [1.807, 2.05) is 94.9 Å². The molecule has 11 heteroatoms. The Morgan fingerprint density at radius 3 is 2.20 bits per heavy atom. The van der Waals surface area contributed by atoms with E-state index in [-0.39, 0.29) is 48.9 Å². The minimum absolute atomic E-state index is 0.0283. The van der Waals surface area contributed by atoms with E-state index in [9.17, 15) is 24.6 Å². The molecule has 54 heavy (non-hydrogen) atoms. The molecule has 286 valence electrons. The van der Waals surface area contributed by atoms with E-state index in [4.69, 9.17) is 0 Å². The summed E-state index contributed by atoms with van der Waals surface area (Å²) in [6, 6.07) is 16.9. The quantitative estimate of drug-likeness (QED) is 0.0916. The van der Waals surface area contributed by atoms with Crippen molar-refractivity contribution in [2.45, 2.75) is 104 Å². The maximum atomic E-state index is 14.0. The molecule has 0 radical (unpaired) electrons. The maximum absolute atomic E-state index is 14.0. The first kappa shape index (κ1) is 40.3. The number of unbranched alkanes of at least 4 members (excludes halogenated alkanes) is 3. The predicted molar refractivity (Wildman–Crippen MR) is 214 cm³/mol. The smallest absolute Gasteiger partial charge is 0.246 e. The van der Waals surface area contributed by atoms with Crippen molar-refractivity contribution in [2.75, 3.05) is 6.54 Å². The van der Waals surface area contributed by atoms with Crippen molar-refractivity contribution in [3.05, 3.63) is 95.8 Å². The molecule has 1 fully saturated rings. The van der Waals surface area contributed by atoms with Gasteiger partial charge in [0.1, 0.15) is 17.8 Å². The largest absolute Gasteiger partial charge is 0.508 e. The van der Waals surface area contributed by atoms with Crippen molar-refractivity contribution in [3.63, 3.8) is 0 Å². The number of aromatic hydroxyl groups is 1. The first-order chi connectivity index (χ1) is 25.7. The average Bonchev–Trinajstić information content (AvgIpc) is 3.76. The summed E-state index contributed by atoms with van der Waals surface area (Å²) < 4.78 is 0. The molecule has 2 aromatic carbocycles.